The van der Waals surface area contributed by atoms with Crippen molar-refractivity contribution in [1.82, 2.24) is 20.0 Å². The third kappa shape index (κ3) is 4.43. The molecule has 0 spiro atoms. The molecule has 32 heavy (non-hydrogen) atoms. The van der Waals surface area contributed by atoms with Gasteiger partial charge in [0, 0.05) is 49.6 Å². The predicted octanol–water partition coefficient (Wildman–Crippen LogP) is 2.41. The zero-order chi connectivity index (χ0) is 22.9. The lowest BCUT2D eigenvalue weighted by Crippen LogP contribution is -2.49. The number of piperazine rings is 1. The van der Waals surface area contributed by atoms with Crippen LogP contribution >= 0.6 is 0 Å². The van der Waals surface area contributed by atoms with Gasteiger partial charge in [0.25, 0.3) is 17.6 Å². The van der Waals surface area contributed by atoms with Crippen molar-refractivity contribution in [3.05, 3.63) is 58.3 Å². The summed E-state index contributed by atoms with van der Waals surface area (Å²) in [4.78, 5) is 33.5. The number of methoxy groups -OCH3 is 1. The number of alkyl halides is 3. The van der Waals surface area contributed by atoms with E-state index in [-0.39, 0.29) is 17.3 Å². The number of carbonyl (C=O) groups is 1. The summed E-state index contributed by atoms with van der Waals surface area (Å²) in [6.07, 6.45) is -4.75. The van der Waals surface area contributed by atoms with Gasteiger partial charge in [0.2, 0.25) is 5.56 Å². The Morgan fingerprint density at radius 3 is 2.59 bits per heavy atom. The van der Waals surface area contributed by atoms with Crippen LogP contribution in [-0.4, -0.2) is 59.2 Å². The largest absolute Gasteiger partial charge is 0.497 e. The third-order valence-electron chi connectivity index (χ3n) is 5.00. The standard InChI is InChI=1S/C20H18F3N5O4/c1-31-14-4-2-3-13(11-14)27-5-7-28(8-6-27)19(30)17-25-18(32-26-17)12-9-15(20(21,22)23)24-16(29)10-12/h2-4,9-11H,5-8H2,1H3,(H,24,29). The highest BCUT2D eigenvalue weighted by Crippen LogP contribution is 2.29. The number of amides is 1. The van der Waals surface area contributed by atoms with Gasteiger partial charge in [-0.05, 0) is 18.2 Å². The van der Waals surface area contributed by atoms with E-state index in [9.17, 15) is 22.8 Å². The molecule has 9 nitrogen and oxygen atoms in total. The maximum atomic E-state index is 12.9. The van der Waals surface area contributed by atoms with E-state index in [0.29, 0.717) is 32.2 Å². The second kappa shape index (κ2) is 8.36. The topological polar surface area (TPSA) is 105 Å². The Kier molecular flexibility index (Phi) is 5.59. The number of H-pyrrole nitrogens is 1. The second-order valence-electron chi connectivity index (χ2n) is 7.05. The van der Waals surface area contributed by atoms with Crippen LogP contribution in [0.5, 0.6) is 5.75 Å². The van der Waals surface area contributed by atoms with Gasteiger partial charge in [0.05, 0.1) is 7.11 Å². The van der Waals surface area contributed by atoms with Gasteiger partial charge < -0.3 is 24.0 Å². The van der Waals surface area contributed by atoms with Crippen LogP contribution in [0.3, 0.4) is 0 Å². The summed E-state index contributed by atoms with van der Waals surface area (Å²) in [6.45, 7) is 1.91. The zero-order valence-electron chi connectivity index (χ0n) is 16.8. The number of hydrogen-bond donors (Lipinski definition) is 1. The molecule has 0 bridgehead atoms. The lowest BCUT2D eigenvalue weighted by Gasteiger charge is -2.35. The fraction of sp³-hybridized carbons (Fsp3) is 0.300. The first-order chi connectivity index (χ1) is 15.2. The van der Waals surface area contributed by atoms with E-state index in [4.69, 9.17) is 9.26 Å². The normalized spacial score (nSPS) is 14.5. The van der Waals surface area contributed by atoms with E-state index >= 15 is 0 Å². The number of ether oxygens (including phenoxy) is 1. The highest BCUT2D eigenvalue weighted by molar-refractivity contribution is 5.91. The number of anilines is 1. The fourth-order valence-electron chi connectivity index (χ4n) is 3.36. The van der Waals surface area contributed by atoms with Crippen LogP contribution in [-0.2, 0) is 6.18 Å². The van der Waals surface area contributed by atoms with Crippen molar-refractivity contribution < 1.29 is 27.2 Å². The van der Waals surface area contributed by atoms with Gasteiger partial charge in [-0.1, -0.05) is 11.2 Å². The fourth-order valence-corrected chi connectivity index (χ4v) is 3.36. The molecular formula is C20H18F3N5O4. The molecule has 1 aliphatic rings. The van der Waals surface area contributed by atoms with Crippen LogP contribution in [0.25, 0.3) is 11.5 Å². The number of nitrogens with zero attached hydrogens (tertiary/aromatic N) is 4. The van der Waals surface area contributed by atoms with E-state index in [0.717, 1.165) is 17.5 Å². The summed E-state index contributed by atoms with van der Waals surface area (Å²) in [5.41, 5.74) is -1.49. The Bertz CT molecular complexity index is 1180. The van der Waals surface area contributed by atoms with Crippen LogP contribution in [0, 0.1) is 0 Å². The Morgan fingerprint density at radius 2 is 1.91 bits per heavy atom. The molecule has 1 aliphatic heterocycles. The lowest BCUT2D eigenvalue weighted by molar-refractivity contribution is -0.141. The summed E-state index contributed by atoms with van der Waals surface area (Å²) in [6, 6.07) is 9.14. The van der Waals surface area contributed by atoms with E-state index in [2.05, 4.69) is 15.0 Å². The lowest BCUT2D eigenvalue weighted by atomic mass is 10.2. The molecule has 0 aliphatic carbocycles. The number of aromatic amines is 1. The zero-order valence-corrected chi connectivity index (χ0v) is 16.8. The summed E-state index contributed by atoms with van der Waals surface area (Å²) in [7, 11) is 1.59. The predicted molar refractivity (Wildman–Crippen MR) is 106 cm³/mol. The Balaban J connectivity index is 1.46. The first-order valence-electron chi connectivity index (χ1n) is 9.58. The molecule has 168 valence electrons. The van der Waals surface area contributed by atoms with E-state index in [1.807, 2.05) is 24.3 Å². The molecule has 3 heterocycles. The molecule has 3 aromatic rings. The molecule has 0 radical (unpaired) electrons. The van der Waals surface area contributed by atoms with Gasteiger partial charge in [-0.15, -0.1) is 0 Å². The quantitative estimate of drug-likeness (QED) is 0.652. The Morgan fingerprint density at radius 1 is 1.16 bits per heavy atom. The first-order valence-corrected chi connectivity index (χ1v) is 9.58. The molecule has 1 saturated heterocycles. The minimum absolute atomic E-state index is 0.226. The van der Waals surface area contributed by atoms with Crippen molar-refractivity contribution in [3.8, 4) is 17.2 Å². The van der Waals surface area contributed by atoms with Crippen molar-refractivity contribution in [2.75, 3.05) is 38.2 Å². The summed E-state index contributed by atoms with van der Waals surface area (Å²) >= 11 is 0. The van der Waals surface area contributed by atoms with Crippen molar-refractivity contribution in [2.45, 2.75) is 6.18 Å². The summed E-state index contributed by atoms with van der Waals surface area (Å²) < 4.78 is 49.0. The van der Waals surface area contributed by atoms with E-state index < -0.39 is 23.3 Å². The molecule has 1 amide bonds. The SMILES string of the molecule is COc1cccc(N2CCN(C(=O)c3noc(-c4cc(C(F)(F)F)[nH]c(=O)c4)n3)CC2)c1. The van der Waals surface area contributed by atoms with Gasteiger partial charge in [-0.3, -0.25) is 9.59 Å². The van der Waals surface area contributed by atoms with Crippen molar-refractivity contribution >= 4 is 11.6 Å². The number of hydrogen-bond acceptors (Lipinski definition) is 7. The molecule has 0 unspecified atom stereocenters. The van der Waals surface area contributed by atoms with Gasteiger partial charge in [-0.2, -0.15) is 18.2 Å². The average Bonchev–Trinajstić information content (AvgIpc) is 3.28. The van der Waals surface area contributed by atoms with Crippen LogP contribution in [0.2, 0.25) is 0 Å². The number of aromatic nitrogens is 3. The molecule has 2 aromatic heterocycles. The maximum absolute atomic E-state index is 12.9. The smallest absolute Gasteiger partial charge is 0.431 e. The maximum Gasteiger partial charge on any atom is 0.431 e. The van der Waals surface area contributed by atoms with Crippen LogP contribution in [0.1, 0.15) is 16.3 Å². The Hall–Kier alpha value is -3.83. The van der Waals surface area contributed by atoms with Crippen molar-refractivity contribution in [2.24, 2.45) is 0 Å². The van der Waals surface area contributed by atoms with Crippen molar-refractivity contribution in [1.29, 1.82) is 0 Å². The molecule has 1 fully saturated rings. The minimum atomic E-state index is -4.75. The molecule has 0 atom stereocenters. The number of carbonyl (C=O) groups excluding carboxylic acids is 1. The molecular weight excluding hydrogens is 431 g/mol. The van der Waals surface area contributed by atoms with E-state index in [1.165, 1.54) is 4.90 Å². The van der Waals surface area contributed by atoms with Gasteiger partial charge in [0.1, 0.15) is 11.4 Å². The second-order valence-corrected chi connectivity index (χ2v) is 7.05. The summed E-state index contributed by atoms with van der Waals surface area (Å²) in [5.74, 6) is -0.413. The molecule has 12 heteroatoms. The molecule has 0 saturated carbocycles. The third-order valence-corrected chi connectivity index (χ3v) is 5.00. The number of benzene rings is 1. The van der Waals surface area contributed by atoms with Crippen LogP contribution in [0.15, 0.2) is 45.7 Å². The monoisotopic (exact) mass is 449 g/mol. The molecule has 4 rings (SSSR count). The van der Waals surface area contributed by atoms with Crippen molar-refractivity contribution in [3.63, 3.8) is 0 Å². The highest BCUT2D eigenvalue weighted by Gasteiger charge is 2.33. The molecule has 1 N–H and O–H groups in total. The van der Waals surface area contributed by atoms with E-state index in [1.54, 1.807) is 12.1 Å². The van der Waals surface area contributed by atoms with Crippen LogP contribution < -0.4 is 15.2 Å². The molecule has 1 aromatic carbocycles. The van der Waals surface area contributed by atoms with Crippen LogP contribution in [0.4, 0.5) is 18.9 Å². The number of nitrogens with one attached hydrogen (secondary N) is 1. The van der Waals surface area contributed by atoms with Gasteiger partial charge in [-0.25, -0.2) is 0 Å². The minimum Gasteiger partial charge on any atom is -0.497 e. The Labute approximate surface area is 179 Å². The summed E-state index contributed by atoms with van der Waals surface area (Å²) in [5, 5.41) is 3.59. The van der Waals surface area contributed by atoms with Gasteiger partial charge in [0.15, 0.2) is 0 Å². The number of rotatable bonds is 4. The first kappa shape index (κ1) is 21.4. The number of pyridine rings is 1. The highest BCUT2D eigenvalue weighted by atomic mass is 19.4. The number of halogens is 3. The average molecular weight is 449 g/mol. The van der Waals surface area contributed by atoms with Gasteiger partial charge >= 0.3 is 6.18 Å².